The van der Waals surface area contributed by atoms with E-state index < -0.39 is 17.7 Å². The van der Waals surface area contributed by atoms with E-state index >= 15 is 0 Å². The molecular weight excluding hydrogens is 408 g/mol. The quantitative estimate of drug-likeness (QED) is 0.457. The van der Waals surface area contributed by atoms with Crippen molar-refractivity contribution in [2.24, 2.45) is 0 Å². The van der Waals surface area contributed by atoms with Crippen LogP contribution in [0, 0.1) is 11.6 Å². The van der Waals surface area contributed by atoms with Gasteiger partial charge >= 0.3 is 6.09 Å². The highest BCUT2D eigenvalue weighted by molar-refractivity contribution is 5.95. The number of nitrogens with two attached hydrogens (primary N) is 2. The first-order chi connectivity index (χ1) is 14.9. The molecule has 0 aliphatic heterocycles. The zero-order chi connectivity index (χ0) is 22.1. The largest absolute Gasteiger partial charge is 0.453 e. The number of hydrogen-bond donors (Lipinski definition) is 3. The Morgan fingerprint density at radius 2 is 1.74 bits per heavy atom. The lowest BCUT2D eigenvalue weighted by Crippen LogP contribution is -2.16. The van der Waals surface area contributed by atoms with Crippen molar-refractivity contribution in [1.29, 1.82) is 0 Å². The minimum Gasteiger partial charge on any atom is -0.453 e. The molecule has 0 aliphatic carbocycles. The standard InChI is InChI=1S/C20H17F2N7O2/c1-31-20(30)25-15-17(23)26-19(27-18(15)24)14-11-6-4-8-13(22)16(11)29(28-14)9-10-5-2-3-7-12(10)21/h2-8H,9H2,1H3,(H,25,30)(H4,23,24,26,27). The Balaban J connectivity index is 1.85. The van der Waals surface area contributed by atoms with Crippen molar-refractivity contribution in [3.63, 3.8) is 0 Å². The lowest BCUT2D eigenvalue weighted by molar-refractivity contribution is 0.187. The normalized spacial score (nSPS) is 10.9. The van der Waals surface area contributed by atoms with Crippen molar-refractivity contribution in [3.8, 4) is 11.5 Å². The van der Waals surface area contributed by atoms with Crippen LogP contribution in [0.15, 0.2) is 42.5 Å². The molecule has 0 radical (unpaired) electrons. The van der Waals surface area contributed by atoms with Crippen molar-refractivity contribution < 1.29 is 18.3 Å². The van der Waals surface area contributed by atoms with Gasteiger partial charge in [-0.15, -0.1) is 0 Å². The highest BCUT2D eigenvalue weighted by Gasteiger charge is 2.21. The molecule has 1 amide bonds. The van der Waals surface area contributed by atoms with Gasteiger partial charge in [0.25, 0.3) is 0 Å². The van der Waals surface area contributed by atoms with Gasteiger partial charge in [0.2, 0.25) is 0 Å². The maximum absolute atomic E-state index is 14.7. The number of carbonyl (C=O) groups is 1. The summed E-state index contributed by atoms with van der Waals surface area (Å²) < 4.78 is 34.7. The van der Waals surface area contributed by atoms with Gasteiger partial charge in [-0.25, -0.2) is 23.5 Å². The van der Waals surface area contributed by atoms with Crippen LogP contribution in [0.25, 0.3) is 22.4 Å². The molecule has 31 heavy (non-hydrogen) atoms. The van der Waals surface area contributed by atoms with Crippen molar-refractivity contribution in [2.75, 3.05) is 23.9 Å². The van der Waals surface area contributed by atoms with Gasteiger partial charge in [-0.1, -0.05) is 30.3 Å². The Hall–Kier alpha value is -4.28. The summed E-state index contributed by atoms with van der Waals surface area (Å²) in [4.78, 5) is 19.8. The lowest BCUT2D eigenvalue weighted by Gasteiger charge is -2.10. The fraction of sp³-hybridized carbons (Fsp3) is 0.100. The first kappa shape index (κ1) is 20.0. The van der Waals surface area contributed by atoms with Crippen LogP contribution >= 0.6 is 0 Å². The highest BCUT2D eigenvalue weighted by atomic mass is 19.1. The molecule has 9 nitrogen and oxygen atoms in total. The molecule has 0 saturated carbocycles. The molecule has 11 heteroatoms. The lowest BCUT2D eigenvalue weighted by atomic mass is 10.2. The fourth-order valence-electron chi connectivity index (χ4n) is 3.14. The van der Waals surface area contributed by atoms with Gasteiger partial charge in [0.05, 0.1) is 13.7 Å². The first-order valence-electron chi connectivity index (χ1n) is 9.05. The fourth-order valence-corrected chi connectivity index (χ4v) is 3.14. The van der Waals surface area contributed by atoms with Crippen molar-refractivity contribution >= 4 is 34.3 Å². The number of halogens is 2. The van der Waals surface area contributed by atoms with Crippen LogP contribution in [0.4, 0.5) is 30.9 Å². The second-order valence-electron chi connectivity index (χ2n) is 6.54. The Kier molecular flexibility index (Phi) is 5.07. The maximum atomic E-state index is 14.7. The molecule has 4 aromatic rings. The third-order valence-electron chi connectivity index (χ3n) is 4.59. The number of nitrogens with zero attached hydrogens (tertiary/aromatic N) is 4. The van der Waals surface area contributed by atoms with E-state index in [2.05, 4.69) is 25.1 Å². The van der Waals surface area contributed by atoms with E-state index in [0.29, 0.717) is 10.9 Å². The Labute approximate surface area is 174 Å². The van der Waals surface area contributed by atoms with Gasteiger partial charge in [0, 0.05) is 10.9 Å². The van der Waals surface area contributed by atoms with Crippen LogP contribution in [0.2, 0.25) is 0 Å². The summed E-state index contributed by atoms with van der Waals surface area (Å²) in [5.74, 6) is -1.21. The van der Waals surface area contributed by atoms with Crippen LogP contribution in [0.1, 0.15) is 5.56 Å². The number of hydrogen-bond acceptors (Lipinski definition) is 7. The Morgan fingerprint density at radius 3 is 2.42 bits per heavy atom. The average Bonchev–Trinajstić information content (AvgIpc) is 3.12. The van der Waals surface area contributed by atoms with E-state index in [4.69, 9.17) is 11.5 Å². The van der Waals surface area contributed by atoms with E-state index in [-0.39, 0.29) is 40.9 Å². The predicted molar refractivity (Wildman–Crippen MR) is 111 cm³/mol. The van der Waals surface area contributed by atoms with Gasteiger partial charge in [-0.2, -0.15) is 5.10 Å². The van der Waals surface area contributed by atoms with Gasteiger partial charge in [0.15, 0.2) is 17.5 Å². The van der Waals surface area contributed by atoms with E-state index in [1.54, 1.807) is 24.3 Å². The number of methoxy groups -OCH3 is 1. The van der Waals surface area contributed by atoms with Crippen molar-refractivity contribution in [3.05, 3.63) is 59.7 Å². The van der Waals surface area contributed by atoms with Crippen LogP contribution in [0.5, 0.6) is 0 Å². The second-order valence-corrected chi connectivity index (χ2v) is 6.54. The number of ether oxygens (including phenoxy) is 1. The predicted octanol–water partition coefficient (Wildman–Crippen LogP) is 3.16. The number of carbonyl (C=O) groups excluding carboxylic acids is 1. The summed E-state index contributed by atoms with van der Waals surface area (Å²) in [5.41, 5.74) is 12.5. The van der Waals surface area contributed by atoms with Crippen LogP contribution in [0.3, 0.4) is 0 Å². The first-order valence-corrected chi connectivity index (χ1v) is 9.05. The molecule has 0 saturated heterocycles. The minimum absolute atomic E-state index is 0.0168. The number of benzene rings is 2. The van der Waals surface area contributed by atoms with E-state index in [9.17, 15) is 13.6 Å². The SMILES string of the molecule is COC(=O)Nc1c(N)nc(-c2nn(Cc3ccccc3F)c3c(F)cccc23)nc1N. The molecule has 0 fully saturated rings. The van der Waals surface area contributed by atoms with E-state index in [0.717, 1.165) is 0 Å². The monoisotopic (exact) mass is 425 g/mol. The third-order valence-corrected chi connectivity index (χ3v) is 4.59. The molecule has 2 aromatic carbocycles. The highest BCUT2D eigenvalue weighted by Crippen LogP contribution is 2.32. The molecular formula is C20H17F2N7O2. The molecule has 2 aromatic heterocycles. The summed E-state index contributed by atoms with van der Waals surface area (Å²) in [5, 5.41) is 7.13. The van der Waals surface area contributed by atoms with Crippen LogP contribution < -0.4 is 16.8 Å². The van der Waals surface area contributed by atoms with Gasteiger partial charge in [-0.3, -0.25) is 10.00 Å². The number of aromatic nitrogens is 4. The number of para-hydroxylation sites is 1. The zero-order valence-electron chi connectivity index (χ0n) is 16.3. The molecule has 0 spiro atoms. The molecule has 2 heterocycles. The molecule has 0 bridgehead atoms. The topological polar surface area (TPSA) is 134 Å². The Bertz CT molecular complexity index is 1280. The second kappa shape index (κ2) is 7.86. The number of nitrogen functional groups attached to an aromatic ring is 2. The van der Waals surface area contributed by atoms with Crippen LogP contribution in [-0.4, -0.2) is 33.0 Å². The number of anilines is 3. The summed E-state index contributed by atoms with van der Waals surface area (Å²) in [6.45, 7) is -0.0168. The van der Waals surface area contributed by atoms with Crippen molar-refractivity contribution in [1.82, 2.24) is 19.7 Å². The van der Waals surface area contributed by atoms with Gasteiger partial charge in [-0.05, 0) is 12.1 Å². The van der Waals surface area contributed by atoms with Gasteiger partial charge in [0.1, 0.15) is 28.5 Å². The zero-order valence-corrected chi connectivity index (χ0v) is 16.3. The van der Waals surface area contributed by atoms with Crippen LogP contribution in [-0.2, 0) is 11.3 Å². The molecule has 0 aliphatic rings. The Morgan fingerprint density at radius 1 is 1.06 bits per heavy atom. The van der Waals surface area contributed by atoms with Crippen molar-refractivity contribution in [2.45, 2.75) is 6.54 Å². The summed E-state index contributed by atoms with van der Waals surface area (Å²) in [6.07, 6.45) is -0.795. The molecule has 158 valence electrons. The number of rotatable bonds is 4. The molecule has 4 rings (SSSR count). The van der Waals surface area contributed by atoms with E-state index in [1.807, 2.05) is 0 Å². The summed E-state index contributed by atoms with van der Waals surface area (Å²) in [6, 6.07) is 10.6. The number of amides is 1. The summed E-state index contributed by atoms with van der Waals surface area (Å²) in [7, 11) is 1.18. The molecule has 0 unspecified atom stereocenters. The summed E-state index contributed by atoms with van der Waals surface area (Å²) >= 11 is 0. The number of nitrogens with one attached hydrogen (secondary N) is 1. The maximum Gasteiger partial charge on any atom is 0.411 e. The molecule has 5 N–H and O–H groups in total. The average molecular weight is 425 g/mol. The third kappa shape index (κ3) is 3.68. The van der Waals surface area contributed by atoms with E-state index in [1.165, 1.54) is 30.0 Å². The smallest absolute Gasteiger partial charge is 0.411 e. The molecule has 0 atom stereocenters. The minimum atomic E-state index is -0.795. The number of fused-ring (bicyclic) bond motifs is 1. The van der Waals surface area contributed by atoms with Gasteiger partial charge < -0.3 is 16.2 Å².